The standard InChI is InChI=1S/C15H18N4O5/c1-18-11(8-12(20)19(2)15(18)22)16-17-14(21)13-9(23-3)6-5-7-10(13)24-4/h5-8,16H,1-4H3,(H,17,21). The predicted octanol–water partition coefficient (Wildman–Crippen LogP) is -0.142. The van der Waals surface area contributed by atoms with Gasteiger partial charge in [0.1, 0.15) is 22.9 Å². The van der Waals surface area contributed by atoms with Crippen LogP contribution in [0.1, 0.15) is 10.4 Å². The number of anilines is 1. The summed E-state index contributed by atoms with van der Waals surface area (Å²) in [6.45, 7) is 0. The zero-order chi connectivity index (χ0) is 17.9. The molecule has 0 radical (unpaired) electrons. The first kappa shape index (κ1) is 17.1. The SMILES string of the molecule is COc1cccc(OC)c1C(=O)NNc1cc(=O)n(C)c(=O)n1C. The highest BCUT2D eigenvalue weighted by molar-refractivity contribution is 6.00. The van der Waals surface area contributed by atoms with E-state index in [9.17, 15) is 14.4 Å². The summed E-state index contributed by atoms with van der Waals surface area (Å²) in [5.41, 5.74) is 4.15. The maximum Gasteiger partial charge on any atom is 0.332 e. The molecule has 2 N–H and O–H groups in total. The Morgan fingerprint density at radius 2 is 1.62 bits per heavy atom. The van der Waals surface area contributed by atoms with E-state index < -0.39 is 17.2 Å². The van der Waals surface area contributed by atoms with E-state index in [4.69, 9.17) is 9.47 Å². The normalized spacial score (nSPS) is 10.2. The van der Waals surface area contributed by atoms with Gasteiger partial charge in [0.05, 0.1) is 14.2 Å². The molecule has 0 fully saturated rings. The largest absolute Gasteiger partial charge is 0.496 e. The average molecular weight is 334 g/mol. The number of amides is 1. The zero-order valence-corrected chi connectivity index (χ0v) is 13.7. The van der Waals surface area contributed by atoms with E-state index in [2.05, 4.69) is 10.9 Å². The Morgan fingerprint density at radius 1 is 1.04 bits per heavy atom. The molecule has 0 atom stereocenters. The van der Waals surface area contributed by atoms with Crippen LogP contribution in [0.15, 0.2) is 33.9 Å². The lowest BCUT2D eigenvalue weighted by atomic mass is 10.1. The molecule has 1 amide bonds. The second-order valence-electron chi connectivity index (χ2n) is 4.89. The van der Waals surface area contributed by atoms with Gasteiger partial charge in [0.15, 0.2) is 0 Å². The van der Waals surface area contributed by atoms with Crippen molar-refractivity contribution in [3.8, 4) is 11.5 Å². The molecule has 2 rings (SSSR count). The van der Waals surface area contributed by atoms with E-state index in [1.54, 1.807) is 18.2 Å². The third-order valence-corrected chi connectivity index (χ3v) is 3.48. The Labute approximate surface area is 137 Å². The molecule has 24 heavy (non-hydrogen) atoms. The molecular formula is C15H18N4O5. The van der Waals surface area contributed by atoms with E-state index in [1.807, 2.05) is 0 Å². The van der Waals surface area contributed by atoms with Crippen LogP contribution >= 0.6 is 0 Å². The Kier molecular flexibility index (Phi) is 4.93. The lowest BCUT2D eigenvalue weighted by molar-refractivity contribution is 0.0956. The summed E-state index contributed by atoms with van der Waals surface area (Å²) < 4.78 is 12.5. The van der Waals surface area contributed by atoms with Crippen molar-refractivity contribution in [2.24, 2.45) is 14.1 Å². The van der Waals surface area contributed by atoms with E-state index >= 15 is 0 Å². The van der Waals surface area contributed by atoms with Gasteiger partial charge in [-0.15, -0.1) is 0 Å². The number of nitrogens with zero attached hydrogens (tertiary/aromatic N) is 2. The Bertz CT molecular complexity index is 862. The van der Waals surface area contributed by atoms with Crippen LogP contribution in [-0.2, 0) is 14.1 Å². The van der Waals surface area contributed by atoms with Crippen LogP contribution in [0.4, 0.5) is 5.82 Å². The molecule has 128 valence electrons. The minimum absolute atomic E-state index is 0.144. The van der Waals surface area contributed by atoms with E-state index in [0.29, 0.717) is 11.5 Å². The van der Waals surface area contributed by atoms with Gasteiger partial charge in [0, 0.05) is 20.2 Å². The number of hydrogen-bond donors (Lipinski definition) is 2. The maximum atomic E-state index is 12.4. The molecule has 1 aromatic heterocycles. The lowest BCUT2D eigenvalue weighted by Gasteiger charge is -2.15. The van der Waals surface area contributed by atoms with Gasteiger partial charge >= 0.3 is 5.69 Å². The smallest absolute Gasteiger partial charge is 0.332 e. The first-order valence-corrected chi connectivity index (χ1v) is 6.95. The van der Waals surface area contributed by atoms with Crippen molar-refractivity contribution < 1.29 is 14.3 Å². The summed E-state index contributed by atoms with van der Waals surface area (Å²) >= 11 is 0. The van der Waals surface area contributed by atoms with Gasteiger partial charge in [-0.1, -0.05) is 6.07 Å². The molecule has 1 aromatic carbocycles. The van der Waals surface area contributed by atoms with Crippen LogP contribution in [0.25, 0.3) is 0 Å². The van der Waals surface area contributed by atoms with E-state index in [-0.39, 0.29) is 11.4 Å². The second-order valence-corrected chi connectivity index (χ2v) is 4.89. The summed E-state index contributed by atoms with van der Waals surface area (Å²) in [7, 11) is 5.71. The highest BCUT2D eigenvalue weighted by Crippen LogP contribution is 2.27. The summed E-state index contributed by atoms with van der Waals surface area (Å²) in [4.78, 5) is 36.0. The van der Waals surface area contributed by atoms with Crippen LogP contribution in [-0.4, -0.2) is 29.3 Å². The number of carbonyl (C=O) groups is 1. The van der Waals surface area contributed by atoms with Gasteiger partial charge in [0.25, 0.3) is 11.5 Å². The van der Waals surface area contributed by atoms with Gasteiger partial charge in [-0.2, -0.15) is 0 Å². The second kappa shape index (κ2) is 6.90. The molecule has 0 saturated carbocycles. The number of nitrogens with one attached hydrogen (secondary N) is 2. The van der Waals surface area contributed by atoms with Crippen molar-refractivity contribution >= 4 is 11.7 Å². The molecule has 0 aliphatic heterocycles. The number of ether oxygens (including phenoxy) is 2. The summed E-state index contributed by atoms with van der Waals surface area (Å²) in [6, 6.07) is 6.12. The van der Waals surface area contributed by atoms with Crippen molar-refractivity contribution in [1.29, 1.82) is 0 Å². The Balaban J connectivity index is 2.30. The number of aromatic nitrogens is 2. The topological polar surface area (TPSA) is 104 Å². The van der Waals surface area contributed by atoms with Crippen LogP contribution in [0.3, 0.4) is 0 Å². The number of rotatable bonds is 5. The molecule has 0 bridgehead atoms. The minimum atomic E-state index is -0.544. The van der Waals surface area contributed by atoms with Gasteiger partial charge in [-0.05, 0) is 12.1 Å². The summed E-state index contributed by atoms with van der Waals surface area (Å²) in [5, 5.41) is 0. The highest BCUT2D eigenvalue weighted by Gasteiger charge is 2.18. The fraction of sp³-hybridized carbons (Fsp3) is 0.267. The third kappa shape index (κ3) is 3.09. The first-order chi connectivity index (χ1) is 11.4. The molecule has 9 nitrogen and oxygen atoms in total. The number of hydrazine groups is 1. The van der Waals surface area contributed by atoms with Crippen molar-refractivity contribution in [3.05, 3.63) is 50.7 Å². The van der Waals surface area contributed by atoms with Gasteiger partial charge < -0.3 is 9.47 Å². The number of methoxy groups -OCH3 is 2. The van der Waals surface area contributed by atoms with Gasteiger partial charge in [0.2, 0.25) is 0 Å². The van der Waals surface area contributed by atoms with Gasteiger partial charge in [-0.25, -0.2) is 4.79 Å². The summed E-state index contributed by atoms with van der Waals surface area (Å²) in [5.74, 6) is 0.251. The maximum absolute atomic E-state index is 12.4. The molecule has 0 aliphatic carbocycles. The monoisotopic (exact) mass is 334 g/mol. The molecule has 0 saturated heterocycles. The zero-order valence-electron chi connectivity index (χ0n) is 13.7. The third-order valence-electron chi connectivity index (χ3n) is 3.48. The molecule has 1 heterocycles. The fourth-order valence-corrected chi connectivity index (χ4v) is 2.11. The highest BCUT2D eigenvalue weighted by atomic mass is 16.5. The van der Waals surface area contributed by atoms with Crippen molar-refractivity contribution in [2.45, 2.75) is 0 Å². The summed E-state index contributed by atoms with van der Waals surface area (Å²) in [6.07, 6.45) is 0. The molecule has 2 aromatic rings. The predicted molar refractivity (Wildman–Crippen MR) is 87.6 cm³/mol. The molecule has 9 heteroatoms. The number of hydrogen-bond acceptors (Lipinski definition) is 6. The number of carbonyl (C=O) groups excluding carboxylic acids is 1. The molecule has 0 unspecified atom stereocenters. The lowest BCUT2D eigenvalue weighted by Crippen LogP contribution is -2.40. The molecular weight excluding hydrogens is 316 g/mol. The first-order valence-electron chi connectivity index (χ1n) is 6.95. The number of benzene rings is 1. The Hall–Kier alpha value is -3.23. The quantitative estimate of drug-likeness (QED) is 0.738. The van der Waals surface area contributed by atoms with Crippen molar-refractivity contribution in [2.75, 3.05) is 19.6 Å². The molecule has 0 aliphatic rings. The van der Waals surface area contributed by atoms with Crippen molar-refractivity contribution in [3.63, 3.8) is 0 Å². The van der Waals surface area contributed by atoms with Crippen LogP contribution in [0.2, 0.25) is 0 Å². The Morgan fingerprint density at radius 3 is 2.17 bits per heavy atom. The minimum Gasteiger partial charge on any atom is -0.496 e. The van der Waals surface area contributed by atoms with Crippen LogP contribution in [0.5, 0.6) is 11.5 Å². The molecule has 0 spiro atoms. The van der Waals surface area contributed by atoms with Crippen LogP contribution < -0.4 is 31.6 Å². The van der Waals surface area contributed by atoms with E-state index in [1.165, 1.54) is 38.9 Å². The van der Waals surface area contributed by atoms with Crippen LogP contribution in [0, 0.1) is 0 Å². The fourth-order valence-electron chi connectivity index (χ4n) is 2.11. The van der Waals surface area contributed by atoms with Crippen molar-refractivity contribution in [1.82, 2.24) is 14.6 Å². The van der Waals surface area contributed by atoms with E-state index in [0.717, 1.165) is 4.57 Å². The van der Waals surface area contributed by atoms with Gasteiger partial charge in [-0.3, -0.25) is 29.6 Å². The average Bonchev–Trinajstić information content (AvgIpc) is 2.60.